The second kappa shape index (κ2) is 12.7. The number of ether oxygens (including phenoxy) is 3. The van der Waals surface area contributed by atoms with Gasteiger partial charge in [0.2, 0.25) is 25.0 Å². The molecule has 0 bridgehead atoms. The third kappa shape index (κ3) is 7.13. The van der Waals surface area contributed by atoms with Gasteiger partial charge in [-0.05, 0) is 47.9 Å². The van der Waals surface area contributed by atoms with Crippen molar-refractivity contribution in [1.82, 2.24) is 13.9 Å². The normalized spacial score (nSPS) is 12.3. The van der Waals surface area contributed by atoms with Crippen molar-refractivity contribution in [3.8, 4) is 11.5 Å². The Labute approximate surface area is 225 Å². The van der Waals surface area contributed by atoms with E-state index in [-0.39, 0.29) is 48.0 Å². The molecule has 0 saturated carbocycles. The van der Waals surface area contributed by atoms with E-state index in [4.69, 9.17) is 14.2 Å². The Kier molecular flexibility index (Phi) is 9.94. The van der Waals surface area contributed by atoms with Gasteiger partial charge in [-0.2, -0.15) is 4.31 Å². The number of aromatic nitrogens is 2. The lowest BCUT2D eigenvalue weighted by Gasteiger charge is -2.25. The average Bonchev–Trinajstić information content (AvgIpc) is 3.30. The van der Waals surface area contributed by atoms with Crippen molar-refractivity contribution in [3.05, 3.63) is 66.0 Å². The number of hydrogen-bond donors (Lipinski definition) is 0. The van der Waals surface area contributed by atoms with E-state index in [1.54, 1.807) is 36.4 Å². The number of hydrogen-bond acceptors (Lipinski definition) is 8. The van der Waals surface area contributed by atoms with Crippen molar-refractivity contribution in [3.63, 3.8) is 0 Å². The molecule has 0 unspecified atom stereocenters. The van der Waals surface area contributed by atoms with Crippen LogP contribution in [0.4, 0.5) is 0 Å². The highest BCUT2D eigenvalue weighted by Gasteiger charge is 2.29. The highest BCUT2D eigenvalue weighted by molar-refractivity contribution is 7.90. The van der Waals surface area contributed by atoms with Crippen LogP contribution in [0.15, 0.2) is 64.8 Å². The molecule has 2 aromatic carbocycles. The lowest BCUT2D eigenvalue weighted by atomic mass is 10.2. The standard InChI is InChI=1S/C26H35N3O7S2/c1-20(2)17-28(38(32,33)25-11-9-23(35-4)10-12-25)18-22-16-27-26(29(22)13-14-34-3)37(30,31)19-21-7-6-8-24(15-21)36-5/h6-12,15-16,20H,13-14,17-19H2,1-5H3. The Morgan fingerprint density at radius 2 is 1.63 bits per heavy atom. The molecule has 1 aromatic heterocycles. The minimum atomic E-state index is -3.90. The van der Waals surface area contributed by atoms with Gasteiger partial charge in [0.1, 0.15) is 11.5 Å². The van der Waals surface area contributed by atoms with Gasteiger partial charge in [0.15, 0.2) is 0 Å². The second-order valence-corrected chi connectivity index (χ2v) is 13.0. The maximum Gasteiger partial charge on any atom is 0.243 e. The fourth-order valence-corrected chi connectivity index (χ4v) is 7.05. The van der Waals surface area contributed by atoms with Crippen LogP contribution >= 0.6 is 0 Å². The lowest BCUT2D eigenvalue weighted by molar-refractivity contribution is 0.182. The lowest BCUT2D eigenvalue weighted by Crippen LogP contribution is -2.34. The van der Waals surface area contributed by atoms with Gasteiger partial charge in [0.05, 0.1) is 49.9 Å². The third-order valence-electron chi connectivity index (χ3n) is 5.79. The van der Waals surface area contributed by atoms with E-state index in [0.717, 1.165) is 0 Å². The SMILES string of the molecule is COCCn1c(CN(CC(C)C)S(=O)(=O)c2ccc(OC)cc2)cnc1S(=O)(=O)Cc1cccc(OC)c1. The quantitative estimate of drug-likeness (QED) is 0.292. The zero-order valence-corrected chi connectivity index (χ0v) is 24.0. The van der Waals surface area contributed by atoms with E-state index in [0.29, 0.717) is 22.8 Å². The molecule has 0 spiro atoms. The summed E-state index contributed by atoms with van der Waals surface area (Å²) in [5, 5.41) is -0.140. The van der Waals surface area contributed by atoms with Crippen LogP contribution in [0.5, 0.6) is 11.5 Å². The van der Waals surface area contributed by atoms with E-state index < -0.39 is 19.9 Å². The van der Waals surface area contributed by atoms with E-state index in [9.17, 15) is 16.8 Å². The fraction of sp³-hybridized carbons (Fsp3) is 0.423. The molecule has 3 rings (SSSR count). The van der Waals surface area contributed by atoms with Crippen LogP contribution in [0, 0.1) is 5.92 Å². The predicted octanol–water partition coefficient (Wildman–Crippen LogP) is 3.37. The maximum atomic E-state index is 13.6. The minimum Gasteiger partial charge on any atom is -0.497 e. The van der Waals surface area contributed by atoms with E-state index in [1.807, 2.05) is 13.8 Å². The molecule has 12 heteroatoms. The Hall–Kier alpha value is -2.93. The van der Waals surface area contributed by atoms with Crippen molar-refractivity contribution in [1.29, 1.82) is 0 Å². The molecule has 0 aliphatic carbocycles. The molecule has 10 nitrogen and oxygen atoms in total. The van der Waals surface area contributed by atoms with Crippen molar-refractivity contribution in [2.45, 2.75) is 42.7 Å². The topological polar surface area (TPSA) is 117 Å². The molecule has 0 saturated heterocycles. The number of sulfone groups is 1. The Morgan fingerprint density at radius 1 is 0.947 bits per heavy atom. The number of imidazole rings is 1. The summed E-state index contributed by atoms with van der Waals surface area (Å²) >= 11 is 0. The number of sulfonamides is 1. The van der Waals surface area contributed by atoms with Gasteiger partial charge in [-0.25, -0.2) is 21.8 Å². The summed E-state index contributed by atoms with van der Waals surface area (Å²) in [5.74, 6) is 0.833. The van der Waals surface area contributed by atoms with Crippen LogP contribution in [0.25, 0.3) is 0 Å². The number of methoxy groups -OCH3 is 3. The molecule has 3 aromatic rings. The van der Waals surface area contributed by atoms with Crippen LogP contribution in [0.1, 0.15) is 25.1 Å². The zero-order chi connectivity index (χ0) is 27.9. The van der Waals surface area contributed by atoms with Crippen LogP contribution in [-0.2, 0) is 43.4 Å². The summed E-state index contributed by atoms with van der Waals surface area (Å²) in [5.41, 5.74) is 1.000. The number of benzene rings is 2. The molecule has 0 atom stereocenters. The first-order valence-electron chi connectivity index (χ1n) is 12.0. The van der Waals surface area contributed by atoms with Crippen LogP contribution < -0.4 is 9.47 Å². The monoisotopic (exact) mass is 565 g/mol. The highest BCUT2D eigenvalue weighted by atomic mass is 32.2. The van der Waals surface area contributed by atoms with Crippen molar-refractivity contribution in [2.75, 3.05) is 34.5 Å². The summed E-state index contributed by atoms with van der Waals surface area (Å²) in [6.45, 7) is 4.43. The number of rotatable bonds is 14. The van der Waals surface area contributed by atoms with Gasteiger partial charge in [-0.15, -0.1) is 0 Å². The summed E-state index contributed by atoms with van der Waals surface area (Å²) in [6.07, 6.45) is 1.42. The molecule has 0 radical (unpaired) electrons. The van der Waals surface area contributed by atoms with Gasteiger partial charge < -0.3 is 18.8 Å². The van der Waals surface area contributed by atoms with E-state index in [2.05, 4.69) is 4.98 Å². The summed E-state index contributed by atoms with van der Waals surface area (Å²) < 4.78 is 72.5. The van der Waals surface area contributed by atoms with Crippen LogP contribution in [0.2, 0.25) is 0 Å². The smallest absolute Gasteiger partial charge is 0.243 e. The second-order valence-electron chi connectivity index (χ2n) is 9.15. The first-order valence-corrected chi connectivity index (χ1v) is 15.1. The first-order chi connectivity index (χ1) is 18.0. The number of nitrogens with zero attached hydrogens (tertiary/aromatic N) is 3. The summed E-state index contributed by atoms with van der Waals surface area (Å²) in [7, 11) is -3.23. The first kappa shape index (κ1) is 29.6. The van der Waals surface area contributed by atoms with Gasteiger partial charge in [-0.1, -0.05) is 26.0 Å². The Morgan fingerprint density at radius 3 is 2.24 bits per heavy atom. The highest BCUT2D eigenvalue weighted by Crippen LogP contribution is 2.25. The third-order valence-corrected chi connectivity index (χ3v) is 9.22. The molecule has 208 valence electrons. The minimum absolute atomic E-state index is 0.0228. The molecule has 0 amide bonds. The van der Waals surface area contributed by atoms with Crippen molar-refractivity contribution in [2.24, 2.45) is 5.92 Å². The Bertz CT molecular complexity index is 1420. The van der Waals surface area contributed by atoms with E-state index in [1.165, 1.54) is 48.5 Å². The molecular formula is C26H35N3O7S2. The molecule has 0 fully saturated rings. The Balaban J connectivity index is 1.99. The van der Waals surface area contributed by atoms with Gasteiger partial charge in [0, 0.05) is 20.2 Å². The van der Waals surface area contributed by atoms with Crippen molar-refractivity contribution >= 4 is 19.9 Å². The van der Waals surface area contributed by atoms with Crippen LogP contribution in [0.3, 0.4) is 0 Å². The summed E-state index contributed by atoms with van der Waals surface area (Å²) in [6, 6.07) is 13.0. The van der Waals surface area contributed by atoms with Gasteiger partial charge >= 0.3 is 0 Å². The van der Waals surface area contributed by atoms with Gasteiger partial charge in [-0.3, -0.25) is 0 Å². The van der Waals surface area contributed by atoms with Crippen molar-refractivity contribution < 1.29 is 31.0 Å². The van der Waals surface area contributed by atoms with Crippen LogP contribution in [-0.4, -0.2) is 65.2 Å². The zero-order valence-electron chi connectivity index (χ0n) is 22.3. The maximum absolute atomic E-state index is 13.6. The molecule has 38 heavy (non-hydrogen) atoms. The largest absolute Gasteiger partial charge is 0.497 e. The molecule has 1 heterocycles. The summed E-state index contributed by atoms with van der Waals surface area (Å²) in [4.78, 5) is 4.36. The molecule has 0 aliphatic heterocycles. The molecule has 0 N–H and O–H groups in total. The predicted molar refractivity (Wildman–Crippen MR) is 143 cm³/mol. The molecule has 0 aliphatic rings. The van der Waals surface area contributed by atoms with E-state index >= 15 is 0 Å². The fourth-order valence-electron chi connectivity index (χ4n) is 3.97. The average molecular weight is 566 g/mol. The molecular weight excluding hydrogens is 530 g/mol. The van der Waals surface area contributed by atoms with Gasteiger partial charge in [0.25, 0.3) is 0 Å².